The second kappa shape index (κ2) is 6.97. The zero-order chi connectivity index (χ0) is 12.7. The molecule has 0 saturated carbocycles. The zero-order valence-corrected chi connectivity index (χ0v) is 11.3. The van der Waals surface area contributed by atoms with Crippen LogP contribution in [0.2, 0.25) is 0 Å². The van der Waals surface area contributed by atoms with Gasteiger partial charge in [0.25, 0.3) is 0 Å². The second-order valence-corrected chi connectivity index (χ2v) is 5.77. The van der Waals surface area contributed by atoms with Gasteiger partial charge in [-0.2, -0.15) is 0 Å². The minimum Gasteiger partial charge on any atom is -0.355 e. The number of likely N-dealkylation sites (tertiary alicyclic amines) is 1. The first-order valence-corrected chi connectivity index (χ1v) is 6.75. The summed E-state index contributed by atoms with van der Waals surface area (Å²) in [5, 5.41) is 2.95. The largest absolute Gasteiger partial charge is 0.355 e. The lowest BCUT2D eigenvalue weighted by Crippen LogP contribution is -2.41. The highest BCUT2D eigenvalue weighted by Crippen LogP contribution is 2.08. The molecule has 1 heterocycles. The van der Waals surface area contributed by atoms with Crippen LogP contribution in [0.5, 0.6) is 0 Å². The molecule has 1 rings (SSSR count). The van der Waals surface area contributed by atoms with E-state index in [1.807, 2.05) is 13.8 Å². The molecule has 0 atom stereocenters. The van der Waals surface area contributed by atoms with Crippen molar-refractivity contribution in [3.8, 4) is 0 Å². The summed E-state index contributed by atoms with van der Waals surface area (Å²) >= 11 is 0. The number of carbonyl (C=O) groups excluding carboxylic acids is 1. The Morgan fingerprint density at radius 1 is 1.24 bits per heavy atom. The molecular formula is C13H27N3O. The maximum atomic E-state index is 11.6. The van der Waals surface area contributed by atoms with E-state index >= 15 is 0 Å². The standard InChI is InChI=1S/C13H27N3O/c1-13(2,14)11-12(17)15-7-10-16-8-5-3-4-6-9-16/h3-11,14H2,1-2H3,(H,15,17). The van der Waals surface area contributed by atoms with E-state index in [0.717, 1.165) is 13.1 Å². The van der Waals surface area contributed by atoms with Gasteiger partial charge in [-0.3, -0.25) is 4.79 Å². The molecule has 4 heteroatoms. The third-order valence-electron chi connectivity index (χ3n) is 3.07. The highest BCUT2D eigenvalue weighted by Gasteiger charge is 2.16. The summed E-state index contributed by atoms with van der Waals surface area (Å²) in [7, 11) is 0. The van der Waals surface area contributed by atoms with Crippen molar-refractivity contribution < 1.29 is 4.79 Å². The molecule has 3 N–H and O–H groups in total. The first kappa shape index (κ1) is 14.5. The summed E-state index contributed by atoms with van der Waals surface area (Å²) in [5.74, 6) is 0.0623. The summed E-state index contributed by atoms with van der Waals surface area (Å²) in [6.07, 6.45) is 5.69. The van der Waals surface area contributed by atoms with Crippen LogP contribution in [-0.4, -0.2) is 42.5 Å². The minimum atomic E-state index is -0.410. The molecular weight excluding hydrogens is 214 g/mol. The fourth-order valence-electron chi connectivity index (χ4n) is 2.19. The van der Waals surface area contributed by atoms with Gasteiger partial charge in [0.1, 0.15) is 0 Å². The van der Waals surface area contributed by atoms with Crippen molar-refractivity contribution >= 4 is 5.91 Å². The Labute approximate surface area is 105 Å². The minimum absolute atomic E-state index is 0.0623. The lowest BCUT2D eigenvalue weighted by Gasteiger charge is -2.21. The van der Waals surface area contributed by atoms with Crippen LogP contribution < -0.4 is 11.1 Å². The molecule has 4 nitrogen and oxygen atoms in total. The Bertz CT molecular complexity index is 227. The number of nitrogens with zero attached hydrogens (tertiary/aromatic N) is 1. The quantitative estimate of drug-likeness (QED) is 0.758. The van der Waals surface area contributed by atoms with Crippen molar-refractivity contribution in [2.24, 2.45) is 5.73 Å². The first-order chi connectivity index (χ1) is 7.97. The smallest absolute Gasteiger partial charge is 0.221 e. The molecule has 17 heavy (non-hydrogen) atoms. The lowest BCUT2D eigenvalue weighted by molar-refractivity contribution is -0.122. The third kappa shape index (κ3) is 7.34. The van der Waals surface area contributed by atoms with E-state index in [9.17, 15) is 4.79 Å². The van der Waals surface area contributed by atoms with E-state index in [4.69, 9.17) is 5.73 Å². The Morgan fingerprint density at radius 2 is 1.82 bits per heavy atom. The van der Waals surface area contributed by atoms with Gasteiger partial charge >= 0.3 is 0 Å². The van der Waals surface area contributed by atoms with E-state index in [1.54, 1.807) is 0 Å². The number of nitrogens with two attached hydrogens (primary N) is 1. The van der Waals surface area contributed by atoms with Crippen molar-refractivity contribution in [2.45, 2.75) is 51.5 Å². The number of hydrogen-bond acceptors (Lipinski definition) is 3. The van der Waals surface area contributed by atoms with Crippen molar-refractivity contribution in [2.75, 3.05) is 26.2 Å². The molecule has 0 aliphatic carbocycles. The van der Waals surface area contributed by atoms with Crippen molar-refractivity contribution in [3.63, 3.8) is 0 Å². The summed E-state index contributed by atoms with van der Waals surface area (Å²) in [6, 6.07) is 0. The van der Waals surface area contributed by atoms with Crippen molar-refractivity contribution in [1.29, 1.82) is 0 Å². The molecule has 0 aromatic heterocycles. The predicted molar refractivity (Wildman–Crippen MR) is 70.8 cm³/mol. The summed E-state index contributed by atoms with van der Waals surface area (Å²) in [5.41, 5.74) is 5.39. The maximum absolute atomic E-state index is 11.6. The molecule has 0 aromatic rings. The average molecular weight is 241 g/mol. The van der Waals surface area contributed by atoms with Crippen LogP contribution in [0.3, 0.4) is 0 Å². The lowest BCUT2D eigenvalue weighted by atomic mass is 10.0. The second-order valence-electron chi connectivity index (χ2n) is 5.77. The van der Waals surface area contributed by atoms with Gasteiger partial charge < -0.3 is 16.0 Å². The maximum Gasteiger partial charge on any atom is 0.221 e. The molecule has 1 saturated heterocycles. The molecule has 1 aliphatic rings. The van der Waals surface area contributed by atoms with Crippen LogP contribution in [0, 0.1) is 0 Å². The summed E-state index contributed by atoms with van der Waals surface area (Å²) in [6.45, 7) is 7.82. The van der Waals surface area contributed by atoms with Crippen LogP contribution in [0.1, 0.15) is 46.0 Å². The van der Waals surface area contributed by atoms with Gasteiger partial charge in [-0.1, -0.05) is 12.8 Å². The van der Waals surface area contributed by atoms with Crippen LogP contribution in [0.25, 0.3) is 0 Å². The topological polar surface area (TPSA) is 58.4 Å². The number of carbonyl (C=O) groups is 1. The van der Waals surface area contributed by atoms with E-state index < -0.39 is 5.54 Å². The molecule has 1 fully saturated rings. The molecule has 1 amide bonds. The molecule has 1 aliphatic heterocycles. The Kier molecular flexibility index (Phi) is 5.92. The van der Waals surface area contributed by atoms with E-state index in [2.05, 4.69) is 10.2 Å². The van der Waals surface area contributed by atoms with E-state index in [0.29, 0.717) is 6.42 Å². The Balaban J connectivity index is 2.12. The Morgan fingerprint density at radius 3 is 2.35 bits per heavy atom. The van der Waals surface area contributed by atoms with Gasteiger partial charge in [0.05, 0.1) is 0 Å². The normalized spacial score (nSPS) is 18.8. The molecule has 0 radical (unpaired) electrons. The van der Waals surface area contributed by atoms with Crippen LogP contribution in [0.15, 0.2) is 0 Å². The van der Waals surface area contributed by atoms with E-state index in [1.165, 1.54) is 38.8 Å². The number of rotatable bonds is 5. The highest BCUT2D eigenvalue weighted by atomic mass is 16.1. The molecule has 0 aromatic carbocycles. The van der Waals surface area contributed by atoms with Crippen molar-refractivity contribution in [3.05, 3.63) is 0 Å². The summed E-state index contributed by atoms with van der Waals surface area (Å²) < 4.78 is 0. The van der Waals surface area contributed by atoms with Gasteiger partial charge in [0.2, 0.25) is 5.91 Å². The van der Waals surface area contributed by atoms with Crippen LogP contribution >= 0.6 is 0 Å². The fourth-order valence-corrected chi connectivity index (χ4v) is 2.19. The third-order valence-corrected chi connectivity index (χ3v) is 3.07. The van der Waals surface area contributed by atoms with Gasteiger partial charge in [-0.25, -0.2) is 0 Å². The van der Waals surface area contributed by atoms with E-state index in [-0.39, 0.29) is 5.91 Å². The predicted octanol–water partition coefficient (Wildman–Crippen LogP) is 1.11. The molecule has 0 spiro atoms. The number of hydrogen-bond donors (Lipinski definition) is 2. The van der Waals surface area contributed by atoms with Gasteiger partial charge in [0, 0.05) is 25.0 Å². The van der Waals surface area contributed by atoms with Crippen LogP contribution in [0.4, 0.5) is 0 Å². The van der Waals surface area contributed by atoms with Crippen LogP contribution in [-0.2, 0) is 4.79 Å². The number of nitrogens with one attached hydrogen (secondary N) is 1. The van der Waals surface area contributed by atoms with Gasteiger partial charge in [0.15, 0.2) is 0 Å². The zero-order valence-electron chi connectivity index (χ0n) is 11.3. The monoisotopic (exact) mass is 241 g/mol. The SMILES string of the molecule is CC(C)(N)CC(=O)NCCN1CCCCCC1. The fraction of sp³-hybridized carbons (Fsp3) is 0.923. The Hall–Kier alpha value is -0.610. The van der Waals surface area contributed by atoms with Gasteiger partial charge in [-0.15, -0.1) is 0 Å². The molecule has 100 valence electrons. The average Bonchev–Trinajstić information content (AvgIpc) is 2.43. The first-order valence-electron chi connectivity index (χ1n) is 6.75. The summed E-state index contributed by atoms with van der Waals surface area (Å²) in [4.78, 5) is 14.0. The van der Waals surface area contributed by atoms with Crippen molar-refractivity contribution in [1.82, 2.24) is 10.2 Å². The van der Waals surface area contributed by atoms with Gasteiger partial charge in [-0.05, 0) is 39.8 Å². The molecule has 0 unspecified atom stereocenters. The highest BCUT2D eigenvalue weighted by molar-refractivity contribution is 5.77. The molecule has 0 bridgehead atoms. The number of amides is 1.